The SMILES string of the molecule is CC[C@@H](C)NC(=O)[C@H](C)N(Cc1cccc(Cl)c1)C(=O)COc1ccc(C)cc1. The summed E-state index contributed by atoms with van der Waals surface area (Å²) >= 11 is 6.08. The Morgan fingerprint density at radius 2 is 1.83 bits per heavy atom. The molecule has 0 radical (unpaired) electrons. The maximum Gasteiger partial charge on any atom is 0.261 e. The summed E-state index contributed by atoms with van der Waals surface area (Å²) in [4.78, 5) is 27.1. The summed E-state index contributed by atoms with van der Waals surface area (Å²) in [6.07, 6.45) is 0.817. The first-order chi connectivity index (χ1) is 13.8. The number of carbonyl (C=O) groups is 2. The van der Waals surface area contributed by atoms with Crippen LogP contribution in [0.2, 0.25) is 5.02 Å². The minimum Gasteiger partial charge on any atom is -0.484 e. The van der Waals surface area contributed by atoms with Gasteiger partial charge in [0.25, 0.3) is 5.91 Å². The van der Waals surface area contributed by atoms with Crippen LogP contribution in [0.3, 0.4) is 0 Å². The van der Waals surface area contributed by atoms with Crippen molar-refractivity contribution in [3.63, 3.8) is 0 Å². The van der Waals surface area contributed by atoms with Crippen LogP contribution in [0.25, 0.3) is 0 Å². The normalized spacial score (nSPS) is 12.7. The van der Waals surface area contributed by atoms with E-state index in [9.17, 15) is 9.59 Å². The summed E-state index contributed by atoms with van der Waals surface area (Å²) in [7, 11) is 0. The van der Waals surface area contributed by atoms with Crippen LogP contribution in [0, 0.1) is 6.92 Å². The van der Waals surface area contributed by atoms with Gasteiger partial charge in [-0.05, 0) is 57.0 Å². The summed E-state index contributed by atoms with van der Waals surface area (Å²) in [5, 5.41) is 3.53. The second kappa shape index (κ2) is 10.9. The number of aryl methyl sites for hydroxylation is 1. The topological polar surface area (TPSA) is 58.6 Å². The van der Waals surface area contributed by atoms with Crippen LogP contribution in [-0.4, -0.2) is 35.4 Å². The van der Waals surface area contributed by atoms with Crippen molar-refractivity contribution < 1.29 is 14.3 Å². The number of ether oxygens (including phenoxy) is 1. The molecule has 0 unspecified atom stereocenters. The van der Waals surface area contributed by atoms with Crippen LogP contribution in [0.1, 0.15) is 38.3 Å². The van der Waals surface area contributed by atoms with Gasteiger partial charge in [-0.1, -0.05) is 48.4 Å². The fraction of sp³-hybridized carbons (Fsp3) is 0.391. The van der Waals surface area contributed by atoms with Crippen molar-refractivity contribution in [2.75, 3.05) is 6.61 Å². The number of rotatable bonds is 9. The summed E-state index contributed by atoms with van der Waals surface area (Å²) in [6.45, 7) is 7.77. The van der Waals surface area contributed by atoms with Gasteiger partial charge in [0.15, 0.2) is 6.61 Å². The van der Waals surface area contributed by atoms with E-state index in [0.29, 0.717) is 10.8 Å². The molecule has 1 N–H and O–H groups in total. The van der Waals surface area contributed by atoms with E-state index in [1.807, 2.05) is 57.2 Å². The van der Waals surface area contributed by atoms with E-state index in [2.05, 4.69) is 5.32 Å². The average molecular weight is 417 g/mol. The molecule has 5 nitrogen and oxygen atoms in total. The lowest BCUT2D eigenvalue weighted by Gasteiger charge is -2.29. The lowest BCUT2D eigenvalue weighted by atomic mass is 10.1. The van der Waals surface area contributed by atoms with E-state index < -0.39 is 6.04 Å². The van der Waals surface area contributed by atoms with Gasteiger partial charge in [-0.2, -0.15) is 0 Å². The number of benzene rings is 2. The molecule has 2 rings (SSSR count). The highest BCUT2D eigenvalue weighted by Crippen LogP contribution is 2.16. The third-order valence-electron chi connectivity index (χ3n) is 4.79. The Labute approximate surface area is 178 Å². The Hall–Kier alpha value is -2.53. The highest BCUT2D eigenvalue weighted by molar-refractivity contribution is 6.30. The smallest absolute Gasteiger partial charge is 0.261 e. The van der Waals surface area contributed by atoms with Gasteiger partial charge in [0, 0.05) is 17.6 Å². The molecule has 0 aromatic heterocycles. The van der Waals surface area contributed by atoms with Gasteiger partial charge in [0.05, 0.1) is 0 Å². The Bertz CT molecular complexity index is 823. The van der Waals surface area contributed by atoms with Crippen molar-refractivity contribution in [2.24, 2.45) is 0 Å². The minimum atomic E-state index is -0.642. The van der Waals surface area contributed by atoms with Crippen molar-refractivity contribution in [3.8, 4) is 5.75 Å². The first-order valence-electron chi connectivity index (χ1n) is 9.84. The Kier molecular flexibility index (Phi) is 8.52. The standard InChI is InChI=1S/C23H29ClN2O3/c1-5-17(3)25-23(28)18(4)26(14-19-7-6-8-20(24)13-19)22(27)15-29-21-11-9-16(2)10-12-21/h6-13,17-18H,5,14-15H2,1-4H3,(H,25,28)/t17-,18+/m1/s1. The van der Waals surface area contributed by atoms with Gasteiger partial charge < -0.3 is 15.0 Å². The first-order valence-corrected chi connectivity index (χ1v) is 10.2. The summed E-state index contributed by atoms with van der Waals surface area (Å²) in [5.41, 5.74) is 1.96. The number of hydrogen-bond donors (Lipinski definition) is 1. The summed E-state index contributed by atoms with van der Waals surface area (Å²) < 4.78 is 5.65. The largest absolute Gasteiger partial charge is 0.484 e. The van der Waals surface area contributed by atoms with Crippen LogP contribution >= 0.6 is 11.6 Å². The molecule has 0 saturated heterocycles. The molecule has 0 fully saturated rings. The third kappa shape index (κ3) is 7.09. The van der Waals surface area contributed by atoms with Crippen LogP contribution in [0.5, 0.6) is 5.75 Å². The number of amides is 2. The zero-order valence-electron chi connectivity index (χ0n) is 17.4. The molecule has 29 heavy (non-hydrogen) atoms. The number of halogens is 1. The molecule has 156 valence electrons. The van der Waals surface area contributed by atoms with E-state index in [-0.39, 0.29) is 31.0 Å². The number of hydrogen-bond acceptors (Lipinski definition) is 3. The fourth-order valence-electron chi connectivity index (χ4n) is 2.74. The Morgan fingerprint density at radius 3 is 2.45 bits per heavy atom. The molecule has 0 bridgehead atoms. The highest BCUT2D eigenvalue weighted by Gasteiger charge is 2.27. The van der Waals surface area contributed by atoms with E-state index in [0.717, 1.165) is 17.5 Å². The van der Waals surface area contributed by atoms with Gasteiger partial charge in [0.1, 0.15) is 11.8 Å². The summed E-state index contributed by atoms with van der Waals surface area (Å²) in [6, 6.07) is 14.2. The molecule has 2 amide bonds. The molecule has 0 aliphatic carbocycles. The van der Waals surface area contributed by atoms with E-state index in [1.165, 1.54) is 4.90 Å². The second-order valence-corrected chi connectivity index (χ2v) is 7.68. The summed E-state index contributed by atoms with van der Waals surface area (Å²) in [5.74, 6) is 0.158. The van der Waals surface area contributed by atoms with Gasteiger partial charge >= 0.3 is 0 Å². The number of nitrogens with one attached hydrogen (secondary N) is 1. The minimum absolute atomic E-state index is 0.0388. The second-order valence-electron chi connectivity index (χ2n) is 7.25. The first kappa shape index (κ1) is 22.8. The van der Waals surface area contributed by atoms with Crippen molar-refractivity contribution >= 4 is 23.4 Å². The predicted octanol–water partition coefficient (Wildman–Crippen LogP) is 4.36. The lowest BCUT2D eigenvalue weighted by molar-refractivity contribution is -0.142. The highest BCUT2D eigenvalue weighted by atomic mass is 35.5. The molecular weight excluding hydrogens is 388 g/mol. The van der Waals surface area contributed by atoms with Gasteiger partial charge in [0.2, 0.25) is 5.91 Å². The Morgan fingerprint density at radius 1 is 1.14 bits per heavy atom. The zero-order chi connectivity index (χ0) is 21.4. The molecule has 2 aromatic carbocycles. The maximum absolute atomic E-state index is 13.0. The molecule has 2 aromatic rings. The van der Waals surface area contributed by atoms with Crippen LogP contribution in [0.15, 0.2) is 48.5 Å². The molecular formula is C23H29ClN2O3. The molecule has 0 aliphatic rings. The van der Waals surface area contributed by atoms with Crippen LogP contribution in [0.4, 0.5) is 0 Å². The monoisotopic (exact) mass is 416 g/mol. The van der Waals surface area contributed by atoms with E-state index >= 15 is 0 Å². The molecule has 6 heteroatoms. The van der Waals surface area contributed by atoms with Gasteiger partial charge in [-0.25, -0.2) is 0 Å². The van der Waals surface area contributed by atoms with Crippen molar-refractivity contribution in [2.45, 2.75) is 52.7 Å². The van der Waals surface area contributed by atoms with Gasteiger partial charge in [-0.15, -0.1) is 0 Å². The predicted molar refractivity (Wildman–Crippen MR) is 116 cm³/mol. The average Bonchev–Trinajstić information content (AvgIpc) is 2.70. The Balaban J connectivity index is 2.14. The molecule has 0 spiro atoms. The zero-order valence-corrected chi connectivity index (χ0v) is 18.2. The number of carbonyl (C=O) groups excluding carboxylic acids is 2. The number of nitrogens with zero attached hydrogens (tertiary/aromatic N) is 1. The fourth-order valence-corrected chi connectivity index (χ4v) is 2.96. The third-order valence-corrected chi connectivity index (χ3v) is 5.03. The van der Waals surface area contributed by atoms with Crippen molar-refractivity contribution in [3.05, 3.63) is 64.7 Å². The maximum atomic E-state index is 13.0. The van der Waals surface area contributed by atoms with Crippen molar-refractivity contribution in [1.29, 1.82) is 0 Å². The molecule has 2 atom stereocenters. The van der Waals surface area contributed by atoms with Crippen LogP contribution in [-0.2, 0) is 16.1 Å². The quantitative estimate of drug-likeness (QED) is 0.660. The van der Waals surface area contributed by atoms with Crippen molar-refractivity contribution in [1.82, 2.24) is 10.2 Å². The molecule has 0 aliphatic heterocycles. The van der Waals surface area contributed by atoms with Crippen LogP contribution < -0.4 is 10.1 Å². The lowest BCUT2D eigenvalue weighted by Crippen LogP contribution is -2.50. The van der Waals surface area contributed by atoms with Gasteiger partial charge in [-0.3, -0.25) is 9.59 Å². The van der Waals surface area contributed by atoms with E-state index in [4.69, 9.17) is 16.3 Å². The molecule has 0 heterocycles. The molecule has 0 saturated carbocycles. The van der Waals surface area contributed by atoms with E-state index in [1.54, 1.807) is 19.1 Å².